The number of nitro benzene ring substituents is 1. The quantitative estimate of drug-likeness (QED) is 0.636. The summed E-state index contributed by atoms with van der Waals surface area (Å²) in [7, 11) is -4.05. The molecule has 10 heteroatoms. The maximum atomic E-state index is 11.6. The Morgan fingerprint density at radius 2 is 2.12 bits per heavy atom. The maximum absolute atomic E-state index is 11.6. The van der Waals surface area contributed by atoms with Crippen LogP contribution in [0.25, 0.3) is 0 Å². The van der Waals surface area contributed by atoms with Gasteiger partial charge in [-0.1, -0.05) is 6.92 Å². The monoisotopic (exact) mass is 363 g/mol. The van der Waals surface area contributed by atoms with Gasteiger partial charge in [0.2, 0.25) is 10.0 Å². The average Bonchev–Trinajstić information content (AvgIpc) is 2.59. The van der Waals surface area contributed by atoms with Crippen molar-refractivity contribution < 1.29 is 13.3 Å². The fourth-order valence-electron chi connectivity index (χ4n) is 2.76. The Balaban J connectivity index is 2.01. The van der Waals surface area contributed by atoms with Crippen LogP contribution in [0.4, 0.5) is 11.4 Å². The van der Waals surface area contributed by atoms with Crippen LogP contribution in [0.5, 0.6) is 0 Å². The molecule has 132 valence electrons. The van der Waals surface area contributed by atoms with Crippen LogP contribution in [-0.4, -0.2) is 29.9 Å². The van der Waals surface area contributed by atoms with Crippen LogP contribution in [0.3, 0.4) is 0 Å². The van der Waals surface area contributed by atoms with Crippen LogP contribution in [0.2, 0.25) is 0 Å². The second-order valence-corrected chi connectivity index (χ2v) is 7.33. The van der Waals surface area contributed by atoms with Crippen molar-refractivity contribution in [2.75, 3.05) is 11.4 Å². The van der Waals surface area contributed by atoms with Crippen molar-refractivity contribution in [1.82, 2.24) is 9.97 Å². The molecular weight excluding hydrogens is 346 g/mol. The molecule has 3 rings (SSSR count). The van der Waals surface area contributed by atoms with E-state index in [1.165, 1.54) is 12.1 Å². The normalized spacial score (nSPS) is 14.2. The van der Waals surface area contributed by atoms with Crippen LogP contribution in [0, 0.1) is 10.1 Å². The lowest BCUT2D eigenvalue weighted by atomic mass is 10.1. The molecule has 0 radical (unpaired) electrons. The van der Waals surface area contributed by atoms with Gasteiger partial charge in [0, 0.05) is 37.0 Å². The minimum Gasteiger partial charge on any atom is -0.365 e. The van der Waals surface area contributed by atoms with Crippen molar-refractivity contribution in [2.24, 2.45) is 5.14 Å². The number of primary sulfonamides is 1. The third kappa shape index (κ3) is 3.59. The van der Waals surface area contributed by atoms with Gasteiger partial charge in [0.1, 0.15) is 5.82 Å². The molecule has 0 fully saturated rings. The third-order valence-electron chi connectivity index (χ3n) is 4.09. The van der Waals surface area contributed by atoms with E-state index in [0.29, 0.717) is 31.6 Å². The zero-order chi connectivity index (χ0) is 18.2. The van der Waals surface area contributed by atoms with Crippen molar-refractivity contribution in [3.05, 3.63) is 51.6 Å². The van der Waals surface area contributed by atoms with Gasteiger partial charge in [-0.15, -0.1) is 0 Å². The molecule has 0 unspecified atom stereocenters. The summed E-state index contributed by atoms with van der Waals surface area (Å²) in [6.45, 7) is 2.96. The molecule has 1 aromatic heterocycles. The lowest BCUT2D eigenvalue weighted by molar-refractivity contribution is -0.385. The molecule has 2 N–H and O–H groups in total. The lowest BCUT2D eigenvalue weighted by Crippen LogP contribution is -2.31. The highest BCUT2D eigenvalue weighted by Crippen LogP contribution is 2.29. The van der Waals surface area contributed by atoms with Gasteiger partial charge in [-0.25, -0.2) is 23.5 Å². The molecule has 0 saturated heterocycles. The first-order valence-corrected chi connectivity index (χ1v) is 9.23. The van der Waals surface area contributed by atoms with Gasteiger partial charge in [0.25, 0.3) is 5.69 Å². The number of aryl methyl sites for hydroxylation is 1. The average molecular weight is 363 g/mol. The number of hydrogen-bond acceptors (Lipinski definition) is 7. The van der Waals surface area contributed by atoms with E-state index in [2.05, 4.69) is 9.97 Å². The standard InChI is InChI=1S/C15H17N5O4S/c1-2-15-17-8-10-3-4-19(9-14(10)18-15)11-5-12(20(21)22)7-13(6-11)25(16,23)24/h5-8H,2-4,9H2,1H3,(H2,16,23,24). The minimum atomic E-state index is -4.05. The number of non-ortho nitro benzene ring substituents is 1. The third-order valence-corrected chi connectivity index (χ3v) is 4.99. The fourth-order valence-corrected chi connectivity index (χ4v) is 3.33. The summed E-state index contributed by atoms with van der Waals surface area (Å²) in [6, 6.07) is 3.67. The van der Waals surface area contributed by atoms with Crippen LogP contribution >= 0.6 is 0 Å². The van der Waals surface area contributed by atoms with Crippen molar-refractivity contribution in [3.63, 3.8) is 0 Å². The van der Waals surface area contributed by atoms with E-state index < -0.39 is 14.9 Å². The van der Waals surface area contributed by atoms with E-state index in [9.17, 15) is 18.5 Å². The number of sulfonamides is 1. The molecule has 0 bridgehead atoms. The second kappa shape index (κ2) is 6.37. The zero-order valence-corrected chi connectivity index (χ0v) is 14.4. The topological polar surface area (TPSA) is 132 Å². The molecular formula is C15H17N5O4S. The van der Waals surface area contributed by atoms with E-state index in [-0.39, 0.29) is 10.6 Å². The molecule has 1 aliphatic heterocycles. The Hall–Kier alpha value is -2.59. The Morgan fingerprint density at radius 3 is 2.76 bits per heavy atom. The number of fused-ring (bicyclic) bond motifs is 1. The highest BCUT2D eigenvalue weighted by Gasteiger charge is 2.23. The summed E-state index contributed by atoms with van der Waals surface area (Å²) >= 11 is 0. The Bertz CT molecular complexity index is 945. The van der Waals surface area contributed by atoms with Crippen LogP contribution in [0.15, 0.2) is 29.3 Å². The first kappa shape index (κ1) is 17.2. The van der Waals surface area contributed by atoms with E-state index in [4.69, 9.17) is 5.14 Å². The number of hydrogen-bond donors (Lipinski definition) is 1. The Kier molecular flexibility index (Phi) is 4.39. The molecule has 1 aliphatic rings. The van der Waals surface area contributed by atoms with Crippen molar-refractivity contribution in [1.29, 1.82) is 0 Å². The number of nitro groups is 1. The number of nitrogens with zero attached hydrogens (tertiary/aromatic N) is 4. The van der Waals surface area contributed by atoms with Crippen molar-refractivity contribution in [3.8, 4) is 0 Å². The predicted molar refractivity (Wildman–Crippen MR) is 90.6 cm³/mol. The highest BCUT2D eigenvalue weighted by molar-refractivity contribution is 7.89. The minimum absolute atomic E-state index is 0.278. The SMILES string of the molecule is CCc1ncc2c(n1)CN(c1cc([N+](=O)[O-])cc(S(N)(=O)=O)c1)CC2. The number of anilines is 1. The molecule has 0 atom stereocenters. The molecule has 0 spiro atoms. The number of aromatic nitrogens is 2. The van der Waals surface area contributed by atoms with Gasteiger partial charge in [-0.2, -0.15) is 0 Å². The fraction of sp³-hybridized carbons (Fsp3) is 0.333. The maximum Gasteiger partial charge on any atom is 0.272 e. The summed E-state index contributed by atoms with van der Waals surface area (Å²) in [5.74, 6) is 0.727. The number of benzene rings is 1. The number of nitrogens with two attached hydrogens (primary N) is 1. The highest BCUT2D eigenvalue weighted by atomic mass is 32.2. The van der Waals surface area contributed by atoms with Crippen molar-refractivity contribution >= 4 is 21.4 Å². The van der Waals surface area contributed by atoms with Gasteiger partial charge in [-0.3, -0.25) is 10.1 Å². The van der Waals surface area contributed by atoms with Crippen LogP contribution in [-0.2, 0) is 29.4 Å². The van der Waals surface area contributed by atoms with Gasteiger partial charge < -0.3 is 4.90 Å². The van der Waals surface area contributed by atoms with Gasteiger partial charge in [-0.05, 0) is 18.1 Å². The lowest BCUT2D eigenvalue weighted by Gasteiger charge is -2.30. The van der Waals surface area contributed by atoms with E-state index in [1.54, 1.807) is 0 Å². The van der Waals surface area contributed by atoms with Gasteiger partial charge in [0.05, 0.1) is 22.1 Å². The van der Waals surface area contributed by atoms with E-state index in [0.717, 1.165) is 23.1 Å². The molecule has 2 heterocycles. The Morgan fingerprint density at radius 1 is 1.36 bits per heavy atom. The van der Waals surface area contributed by atoms with E-state index in [1.807, 2.05) is 18.0 Å². The van der Waals surface area contributed by atoms with Gasteiger partial charge in [0.15, 0.2) is 0 Å². The molecule has 25 heavy (non-hydrogen) atoms. The molecule has 2 aromatic rings. The number of rotatable bonds is 4. The summed E-state index contributed by atoms with van der Waals surface area (Å²) in [5.41, 5.74) is 2.00. The zero-order valence-electron chi connectivity index (χ0n) is 13.5. The first-order chi connectivity index (χ1) is 11.8. The van der Waals surface area contributed by atoms with Crippen LogP contribution in [0.1, 0.15) is 24.0 Å². The molecule has 0 amide bonds. The summed E-state index contributed by atoms with van der Waals surface area (Å²) in [4.78, 5) is 20.9. The predicted octanol–water partition coefficient (Wildman–Crippen LogP) is 1.16. The Labute approximate surface area is 144 Å². The molecule has 0 saturated carbocycles. The second-order valence-electron chi connectivity index (χ2n) is 5.77. The summed E-state index contributed by atoms with van der Waals surface area (Å²) < 4.78 is 23.3. The van der Waals surface area contributed by atoms with Crippen molar-refractivity contribution in [2.45, 2.75) is 31.2 Å². The summed E-state index contributed by atoms with van der Waals surface area (Å²) in [5, 5.41) is 16.3. The molecule has 0 aliphatic carbocycles. The molecule has 9 nitrogen and oxygen atoms in total. The van der Waals surface area contributed by atoms with Gasteiger partial charge >= 0.3 is 0 Å². The smallest absolute Gasteiger partial charge is 0.272 e. The summed E-state index contributed by atoms with van der Waals surface area (Å²) in [6.07, 6.45) is 3.19. The van der Waals surface area contributed by atoms with Crippen LogP contribution < -0.4 is 10.0 Å². The van der Waals surface area contributed by atoms with E-state index >= 15 is 0 Å². The molecule has 1 aromatic carbocycles. The largest absolute Gasteiger partial charge is 0.365 e. The first-order valence-electron chi connectivity index (χ1n) is 7.69.